The maximum Gasteiger partial charge on any atom is 0.261 e. The number of halogens is 4. The molecule has 0 aliphatic carbocycles. The third-order valence-corrected chi connectivity index (χ3v) is 5.39. The zero-order valence-corrected chi connectivity index (χ0v) is 15.2. The SMILES string of the molecule is N#Cc1c(Cl)c(Cl)c(Oc2ccc(S(=O)(=O)Cl)cc2)c(Cl)c1C#N. The van der Waals surface area contributed by atoms with E-state index in [9.17, 15) is 8.42 Å². The zero-order valence-electron chi connectivity index (χ0n) is 11.3. The lowest BCUT2D eigenvalue weighted by atomic mass is 10.1. The van der Waals surface area contributed by atoms with Gasteiger partial charge in [-0.25, -0.2) is 8.42 Å². The predicted octanol–water partition coefficient (Wildman–Crippen LogP) is 5.11. The van der Waals surface area contributed by atoms with Crippen molar-refractivity contribution >= 4 is 54.5 Å². The monoisotopic (exact) mass is 420 g/mol. The molecule has 122 valence electrons. The first-order chi connectivity index (χ1) is 11.2. The molecule has 0 unspecified atom stereocenters. The molecular formula is C14H4Cl4N2O3S. The van der Waals surface area contributed by atoms with E-state index in [-0.39, 0.29) is 42.6 Å². The number of benzene rings is 2. The average Bonchev–Trinajstić information content (AvgIpc) is 2.54. The molecule has 5 nitrogen and oxygen atoms in total. The molecule has 0 aromatic heterocycles. The fourth-order valence-electron chi connectivity index (χ4n) is 1.73. The molecule has 2 rings (SSSR count). The van der Waals surface area contributed by atoms with Crippen molar-refractivity contribution in [2.75, 3.05) is 0 Å². The second-order valence-electron chi connectivity index (χ2n) is 4.26. The van der Waals surface area contributed by atoms with Crippen LogP contribution >= 0.6 is 45.5 Å². The number of nitrogens with zero attached hydrogens (tertiary/aromatic N) is 2. The van der Waals surface area contributed by atoms with Crippen molar-refractivity contribution < 1.29 is 13.2 Å². The minimum Gasteiger partial charge on any atom is -0.454 e. The fraction of sp³-hybridized carbons (Fsp3) is 0. The average molecular weight is 422 g/mol. The predicted molar refractivity (Wildman–Crippen MR) is 90.5 cm³/mol. The summed E-state index contributed by atoms with van der Waals surface area (Å²) in [5.74, 6) is 0.0490. The Balaban J connectivity index is 2.54. The van der Waals surface area contributed by atoms with Gasteiger partial charge in [-0.15, -0.1) is 0 Å². The van der Waals surface area contributed by atoms with Gasteiger partial charge in [-0.3, -0.25) is 0 Å². The van der Waals surface area contributed by atoms with Crippen molar-refractivity contribution in [1.29, 1.82) is 10.5 Å². The molecule has 10 heteroatoms. The topological polar surface area (TPSA) is 90.9 Å². The summed E-state index contributed by atoms with van der Waals surface area (Å²) in [6, 6.07) is 8.59. The minimum absolute atomic E-state index is 0.121. The summed E-state index contributed by atoms with van der Waals surface area (Å²) < 4.78 is 27.9. The summed E-state index contributed by atoms with van der Waals surface area (Å²) in [6.07, 6.45) is 0. The second kappa shape index (κ2) is 7.06. The van der Waals surface area contributed by atoms with Crippen molar-refractivity contribution in [1.82, 2.24) is 0 Å². The van der Waals surface area contributed by atoms with Crippen LogP contribution in [-0.4, -0.2) is 8.42 Å². The van der Waals surface area contributed by atoms with Crippen molar-refractivity contribution in [3.05, 3.63) is 50.5 Å². The molecule has 0 aliphatic heterocycles. The van der Waals surface area contributed by atoms with Crippen LogP contribution in [0.3, 0.4) is 0 Å². The Morgan fingerprint density at radius 2 is 1.38 bits per heavy atom. The van der Waals surface area contributed by atoms with Gasteiger partial charge < -0.3 is 4.74 Å². The van der Waals surface area contributed by atoms with Gasteiger partial charge in [0.05, 0.1) is 21.0 Å². The van der Waals surface area contributed by atoms with Gasteiger partial charge in [0, 0.05) is 10.7 Å². The molecule has 0 saturated heterocycles. The van der Waals surface area contributed by atoms with E-state index in [2.05, 4.69) is 0 Å². The highest BCUT2D eigenvalue weighted by molar-refractivity contribution is 8.13. The summed E-state index contributed by atoms with van der Waals surface area (Å²) >= 11 is 18.1. The normalized spacial score (nSPS) is 10.8. The molecule has 0 amide bonds. The summed E-state index contributed by atoms with van der Waals surface area (Å²) in [5.41, 5.74) is -0.339. The number of ether oxygens (including phenoxy) is 1. The van der Waals surface area contributed by atoms with Gasteiger partial charge in [-0.2, -0.15) is 10.5 Å². The molecule has 0 aliphatic rings. The van der Waals surface area contributed by atoms with Gasteiger partial charge in [0.15, 0.2) is 5.75 Å². The van der Waals surface area contributed by atoms with Crippen LogP contribution in [0.25, 0.3) is 0 Å². The first kappa shape index (κ1) is 18.7. The van der Waals surface area contributed by atoms with Gasteiger partial charge in [0.25, 0.3) is 9.05 Å². The third-order valence-electron chi connectivity index (χ3n) is 2.83. The van der Waals surface area contributed by atoms with Crippen LogP contribution in [0.5, 0.6) is 11.5 Å². The van der Waals surface area contributed by atoms with Gasteiger partial charge in [-0.1, -0.05) is 34.8 Å². The molecule has 0 fully saturated rings. The number of hydrogen-bond donors (Lipinski definition) is 0. The maximum atomic E-state index is 11.2. The molecule has 0 saturated carbocycles. The van der Waals surface area contributed by atoms with Crippen LogP contribution in [0.4, 0.5) is 0 Å². The lowest BCUT2D eigenvalue weighted by molar-refractivity contribution is 0.482. The van der Waals surface area contributed by atoms with Crippen LogP contribution in [-0.2, 0) is 9.05 Å². The van der Waals surface area contributed by atoms with Gasteiger partial charge in [-0.05, 0) is 24.3 Å². The quantitative estimate of drug-likeness (QED) is 0.507. The van der Waals surface area contributed by atoms with E-state index in [0.717, 1.165) is 0 Å². The van der Waals surface area contributed by atoms with E-state index in [1.165, 1.54) is 24.3 Å². The van der Waals surface area contributed by atoms with Crippen molar-refractivity contribution in [2.24, 2.45) is 0 Å². The molecule has 24 heavy (non-hydrogen) atoms. The maximum absolute atomic E-state index is 11.2. The number of rotatable bonds is 3. The third kappa shape index (κ3) is 3.54. The van der Waals surface area contributed by atoms with Crippen LogP contribution < -0.4 is 4.74 Å². The minimum atomic E-state index is -3.87. The first-order valence-corrected chi connectivity index (χ1v) is 9.38. The Labute approximate surface area is 156 Å². The van der Waals surface area contributed by atoms with E-state index >= 15 is 0 Å². The van der Waals surface area contributed by atoms with E-state index < -0.39 is 9.05 Å². The molecule has 0 atom stereocenters. The Morgan fingerprint density at radius 3 is 1.83 bits per heavy atom. The van der Waals surface area contributed by atoms with Gasteiger partial charge in [0.1, 0.15) is 27.9 Å². The standard InChI is InChI=1S/C14H4Cl4N2O3S/c15-11-9(5-19)10(6-20)12(16)14(13(11)17)23-7-1-3-8(4-2-7)24(18,21)22/h1-4H. The highest BCUT2D eigenvalue weighted by Crippen LogP contribution is 2.45. The molecule has 0 N–H and O–H groups in total. The first-order valence-electron chi connectivity index (χ1n) is 5.94. The lowest BCUT2D eigenvalue weighted by Gasteiger charge is -2.13. The summed E-state index contributed by atoms with van der Waals surface area (Å²) in [5, 5.41) is 17.7. The van der Waals surface area contributed by atoms with Gasteiger partial charge in [0.2, 0.25) is 0 Å². The summed E-state index contributed by atoms with van der Waals surface area (Å²) in [7, 11) is 1.35. The molecule has 0 bridgehead atoms. The number of nitriles is 2. The van der Waals surface area contributed by atoms with Gasteiger partial charge >= 0.3 is 0 Å². The molecule has 0 radical (unpaired) electrons. The largest absolute Gasteiger partial charge is 0.454 e. The Hall–Kier alpha value is -1.67. The highest BCUT2D eigenvalue weighted by Gasteiger charge is 2.23. The summed E-state index contributed by atoms with van der Waals surface area (Å²) in [6.45, 7) is 0. The molecule has 0 heterocycles. The molecular weight excluding hydrogens is 418 g/mol. The van der Waals surface area contributed by atoms with E-state index in [1.807, 2.05) is 0 Å². The van der Waals surface area contributed by atoms with Crippen LogP contribution in [0.15, 0.2) is 29.2 Å². The lowest BCUT2D eigenvalue weighted by Crippen LogP contribution is -1.95. The second-order valence-corrected chi connectivity index (χ2v) is 7.96. The van der Waals surface area contributed by atoms with Crippen molar-refractivity contribution in [3.63, 3.8) is 0 Å². The molecule has 2 aromatic carbocycles. The molecule has 2 aromatic rings. The van der Waals surface area contributed by atoms with E-state index in [1.54, 1.807) is 12.1 Å². The smallest absolute Gasteiger partial charge is 0.261 e. The Bertz CT molecular complexity index is 1010. The van der Waals surface area contributed by atoms with Crippen LogP contribution in [0.1, 0.15) is 11.1 Å². The fourth-order valence-corrected chi connectivity index (χ4v) is 3.26. The van der Waals surface area contributed by atoms with Crippen LogP contribution in [0, 0.1) is 22.7 Å². The van der Waals surface area contributed by atoms with E-state index in [4.69, 9.17) is 60.7 Å². The number of hydrogen-bond acceptors (Lipinski definition) is 5. The van der Waals surface area contributed by atoms with Crippen LogP contribution in [0.2, 0.25) is 15.1 Å². The Kier molecular flexibility index (Phi) is 5.49. The van der Waals surface area contributed by atoms with E-state index in [0.29, 0.717) is 0 Å². The Morgan fingerprint density at radius 1 is 0.875 bits per heavy atom. The van der Waals surface area contributed by atoms with Crippen molar-refractivity contribution in [3.8, 4) is 23.6 Å². The summed E-state index contributed by atoms with van der Waals surface area (Å²) in [4.78, 5) is -0.121. The molecule has 0 spiro atoms. The zero-order chi connectivity index (χ0) is 18.1. The van der Waals surface area contributed by atoms with Crippen molar-refractivity contribution in [2.45, 2.75) is 4.90 Å². The highest BCUT2D eigenvalue weighted by atomic mass is 35.7.